The molecule has 0 fully saturated rings. The van der Waals surface area contributed by atoms with Gasteiger partial charge in [-0.2, -0.15) is 0 Å². The van der Waals surface area contributed by atoms with Gasteiger partial charge in [-0.25, -0.2) is 0 Å². The third-order valence-corrected chi connectivity index (χ3v) is 3.65. The molecule has 0 bridgehead atoms. The Morgan fingerprint density at radius 2 is 1.80 bits per heavy atom. The predicted octanol–water partition coefficient (Wildman–Crippen LogP) is 2.50. The second-order valence-electron chi connectivity index (χ2n) is 5.63. The van der Waals surface area contributed by atoms with E-state index in [0.717, 1.165) is 31.2 Å². The molecule has 0 spiro atoms. The minimum absolute atomic E-state index is 0. The number of hydrogen-bond donors (Lipinski definition) is 3. The number of ether oxygens (including phenoxy) is 1. The summed E-state index contributed by atoms with van der Waals surface area (Å²) in [6.07, 6.45) is 0.967. The van der Waals surface area contributed by atoms with E-state index in [1.165, 1.54) is 12.5 Å². The van der Waals surface area contributed by atoms with Gasteiger partial charge in [-0.15, -0.1) is 24.0 Å². The summed E-state index contributed by atoms with van der Waals surface area (Å²) in [7, 11) is 1.67. The standard InChI is InChI=1S/C18H30N4O2.HI/c1-5-19-18(22-13-12-20-15(3)23)21-11-10-14(2)16-6-8-17(24-4)9-7-16;/h6-9,14H,5,10-13H2,1-4H3,(H,20,23)(H2,19,21,22);1H. The van der Waals surface area contributed by atoms with E-state index >= 15 is 0 Å². The zero-order chi connectivity index (χ0) is 17.8. The van der Waals surface area contributed by atoms with E-state index in [0.29, 0.717) is 19.0 Å². The summed E-state index contributed by atoms with van der Waals surface area (Å²) in [5, 5.41) is 9.17. The first-order valence-corrected chi connectivity index (χ1v) is 8.47. The lowest BCUT2D eigenvalue weighted by Gasteiger charge is -2.13. The number of hydrogen-bond acceptors (Lipinski definition) is 3. The molecule has 1 aromatic carbocycles. The highest BCUT2D eigenvalue weighted by Gasteiger charge is 2.06. The van der Waals surface area contributed by atoms with Crippen LogP contribution in [0.5, 0.6) is 5.75 Å². The Kier molecular flexibility index (Phi) is 12.9. The van der Waals surface area contributed by atoms with Crippen LogP contribution in [0.1, 0.15) is 38.7 Å². The molecule has 25 heavy (non-hydrogen) atoms. The minimum atomic E-state index is -0.0212. The maximum Gasteiger partial charge on any atom is 0.216 e. The fourth-order valence-corrected chi connectivity index (χ4v) is 2.23. The number of halogens is 1. The van der Waals surface area contributed by atoms with Crippen molar-refractivity contribution in [3.8, 4) is 5.75 Å². The van der Waals surface area contributed by atoms with Gasteiger partial charge in [-0.3, -0.25) is 9.79 Å². The Labute approximate surface area is 168 Å². The number of amides is 1. The number of carbonyl (C=O) groups excluding carboxylic acids is 1. The summed E-state index contributed by atoms with van der Waals surface area (Å²) in [6, 6.07) is 8.18. The molecule has 0 aromatic heterocycles. The highest BCUT2D eigenvalue weighted by molar-refractivity contribution is 14.0. The Balaban J connectivity index is 0.00000576. The fraction of sp³-hybridized carbons (Fsp3) is 0.556. The van der Waals surface area contributed by atoms with Crippen molar-refractivity contribution >= 4 is 35.8 Å². The summed E-state index contributed by atoms with van der Waals surface area (Å²) < 4.78 is 5.19. The van der Waals surface area contributed by atoms with Gasteiger partial charge in [0.2, 0.25) is 5.91 Å². The zero-order valence-electron chi connectivity index (χ0n) is 15.6. The largest absolute Gasteiger partial charge is 0.497 e. The molecule has 0 saturated heterocycles. The van der Waals surface area contributed by atoms with Crippen LogP contribution in [0.25, 0.3) is 0 Å². The van der Waals surface area contributed by atoms with Crippen LogP contribution >= 0.6 is 24.0 Å². The molecular formula is C18H31IN4O2. The fourth-order valence-electron chi connectivity index (χ4n) is 2.23. The summed E-state index contributed by atoms with van der Waals surface area (Å²) in [4.78, 5) is 15.4. The topological polar surface area (TPSA) is 74.8 Å². The molecule has 0 radical (unpaired) electrons. The van der Waals surface area contributed by atoms with Crippen molar-refractivity contribution < 1.29 is 9.53 Å². The lowest BCUT2D eigenvalue weighted by molar-refractivity contribution is -0.118. The summed E-state index contributed by atoms with van der Waals surface area (Å²) in [5.74, 6) is 2.07. The van der Waals surface area contributed by atoms with Crippen molar-refractivity contribution in [1.29, 1.82) is 0 Å². The van der Waals surface area contributed by atoms with E-state index in [2.05, 4.69) is 40.0 Å². The maximum absolute atomic E-state index is 10.8. The second kappa shape index (κ2) is 13.7. The number of aliphatic imine (C=N–C) groups is 1. The molecule has 0 heterocycles. The monoisotopic (exact) mass is 462 g/mol. The average Bonchev–Trinajstić information content (AvgIpc) is 2.58. The average molecular weight is 462 g/mol. The van der Waals surface area contributed by atoms with Gasteiger partial charge in [-0.05, 0) is 37.0 Å². The summed E-state index contributed by atoms with van der Waals surface area (Å²) >= 11 is 0. The summed E-state index contributed by atoms with van der Waals surface area (Å²) in [5.41, 5.74) is 1.29. The smallest absolute Gasteiger partial charge is 0.216 e. The highest BCUT2D eigenvalue weighted by Crippen LogP contribution is 2.21. The van der Waals surface area contributed by atoms with E-state index in [1.807, 2.05) is 19.1 Å². The van der Waals surface area contributed by atoms with Crippen LogP contribution in [-0.2, 0) is 4.79 Å². The van der Waals surface area contributed by atoms with Crippen molar-refractivity contribution in [2.45, 2.75) is 33.1 Å². The van der Waals surface area contributed by atoms with Crippen LogP contribution in [0.4, 0.5) is 0 Å². The van der Waals surface area contributed by atoms with Crippen LogP contribution in [-0.4, -0.2) is 45.2 Å². The second-order valence-corrected chi connectivity index (χ2v) is 5.63. The minimum Gasteiger partial charge on any atom is -0.497 e. The first-order chi connectivity index (χ1) is 11.6. The van der Waals surface area contributed by atoms with Gasteiger partial charge in [0.1, 0.15) is 5.75 Å². The molecule has 0 aliphatic carbocycles. The zero-order valence-corrected chi connectivity index (χ0v) is 17.9. The molecule has 1 aromatic rings. The van der Waals surface area contributed by atoms with Gasteiger partial charge >= 0.3 is 0 Å². The molecule has 1 amide bonds. The molecule has 6 nitrogen and oxygen atoms in total. The lowest BCUT2D eigenvalue weighted by Crippen LogP contribution is -2.41. The van der Waals surface area contributed by atoms with Crippen LogP contribution in [0.3, 0.4) is 0 Å². The molecule has 1 unspecified atom stereocenters. The first-order valence-electron chi connectivity index (χ1n) is 8.47. The van der Waals surface area contributed by atoms with E-state index in [-0.39, 0.29) is 29.9 Å². The molecule has 0 aliphatic heterocycles. The summed E-state index contributed by atoms with van der Waals surface area (Å²) in [6.45, 7) is 8.53. The van der Waals surface area contributed by atoms with Gasteiger partial charge in [0.15, 0.2) is 5.96 Å². The molecule has 1 atom stereocenters. The van der Waals surface area contributed by atoms with Gasteiger partial charge in [0, 0.05) is 33.1 Å². The van der Waals surface area contributed by atoms with E-state index < -0.39 is 0 Å². The molecule has 7 heteroatoms. The van der Waals surface area contributed by atoms with Crippen LogP contribution in [0.15, 0.2) is 29.3 Å². The maximum atomic E-state index is 10.8. The van der Waals surface area contributed by atoms with E-state index in [1.54, 1.807) is 7.11 Å². The predicted molar refractivity (Wildman–Crippen MR) is 114 cm³/mol. The van der Waals surface area contributed by atoms with Gasteiger partial charge in [-0.1, -0.05) is 19.1 Å². The number of guanidine groups is 1. The molecule has 142 valence electrons. The number of nitrogens with zero attached hydrogens (tertiary/aromatic N) is 1. The normalized spacial score (nSPS) is 11.9. The van der Waals surface area contributed by atoms with Crippen LogP contribution < -0.4 is 20.7 Å². The quantitative estimate of drug-likeness (QED) is 0.228. The first kappa shape index (κ1) is 23.5. The van der Waals surface area contributed by atoms with Crippen molar-refractivity contribution in [3.05, 3.63) is 29.8 Å². The van der Waals surface area contributed by atoms with Gasteiger partial charge in [0.25, 0.3) is 0 Å². The number of benzene rings is 1. The van der Waals surface area contributed by atoms with E-state index in [9.17, 15) is 4.79 Å². The molecule has 1 rings (SSSR count). The highest BCUT2D eigenvalue weighted by atomic mass is 127. The SMILES string of the molecule is CCNC(=NCCC(C)c1ccc(OC)cc1)NCCNC(C)=O.I. The Hall–Kier alpha value is -1.51. The number of rotatable bonds is 9. The van der Waals surface area contributed by atoms with Crippen molar-refractivity contribution in [2.75, 3.05) is 33.3 Å². The molecule has 0 aliphatic rings. The Bertz CT molecular complexity index is 520. The van der Waals surface area contributed by atoms with Crippen molar-refractivity contribution in [3.63, 3.8) is 0 Å². The van der Waals surface area contributed by atoms with Crippen molar-refractivity contribution in [1.82, 2.24) is 16.0 Å². The number of carbonyl (C=O) groups is 1. The van der Waals surface area contributed by atoms with Gasteiger partial charge < -0.3 is 20.7 Å². The molecule has 3 N–H and O–H groups in total. The van der Waals surface area contributed by atoms with E-state index in [4.69, 9.17) is 4.74 Å². The number of nitrogens with one attached hydrogen (secondary N) is 3. The third-order valence-electron chi connectivity index (χ3n) is 3.65. The Morgan fingerprint density at radius 3 is 2.36 bits per heavy atom. The van der Waals surface area contributed by atoms with Gasteiger partial charge in [0.05, 0.1) is 7.11 Å². The van der Waals surface area contributed by atoms with Crippen molar-refractivity contribution in [2.24, 2.45) is 4.99 Å². The Morgan fingerprint density at radius 1 is 1.16 bits per heavy atom. The van der Waals surface area contributed by atoms with Crippen LogP contribution in [0, 0.1) is 0 Å². The number of methoxy groups -OCH3 is 1. The third kappa shape index (κ3) is 10.2. The lowest BCUT2D eigenvalue weighted by atomic mass is 9.98. The molecule has 0 saturated carbocycles. The van der Waals surface area contributed by atoms with Crippen LogP contribution in [0.2, 0.25) is 0 Å². The molecular weight excluding hydrogens is 431 g/mol.